The van der Waals surface area contributed by atoms with Gasteiger partial charge in [-0.2, -0.15) is 5.10 Å². The second kappa shape index (κ2) is 9.88. The Morgan fingerprint density at radius 2 is 1.81 bits per heavy atom. The third-order valence-corrected chi connectivity index (χ3v) is 6.42. The number of carbonyl (C=O) groups excluding carboxylic acids is 1. The molecule has 1 unspecified atom stereocenters. The summed E-state index contributed by atoms with van der Waals surface area (Å²) in [5.41, 5.74) is 3.25. The molecule has 3 aromatic rings. The second-order valence-corrected chi connectivity index (χ2v) is 8.50. The molecule has 162 valence electrons. The van der Waals surface area contributed by atoms with Crippen LogP contribution < -0.4 is 0 Å². The summed E-state index contributed by atoms with van der Waals surface area (Å²) >= 11 is 0. The maximum Gasteiger partial charge on any atom is 0.272 e. The van der Waals surface area contributed by atoms with Crippen molar-refractivity contribution in [1.29, 1.82) is 0 Å². The van der Waals surface area contributed by atoms with E-state index in [0.29, 0.717) is 17.7 Å². The number of piperidine rings is 1. The van der Waals surface area contributed by atoms with Crippen molar-refractivity contribution in [3.8, 4) is 0 Å². The standard InChI is InChI=1S/C25H31N5O/c1-28(19-21-9-6-13-26-18-21)24(17-20-7-4-3-5-8-20)22-11-15-30(16-12-22)25(31)23-10-14-27-29(23)2/h3-10,13-14,18,22,24H,11-12,15-17,19H2,1-2H3. The number of rotatable bonds is 7. The van der Waals surface area contributed by atoms with Crippen molar-refractivity contribution in [1.82, 2.24) is 24.6 Å². The summed E-state index contributed by atoms with van der Waals surface area (Å²) in [6, 6.07) is 17.1. The lowest BCUT2D eigenvalue weighted by molar-refractivity contribution is 0.0593. The number of pyridine rings is 1. The van der Waals surface area contributed by atoms with Crippen molar-refractivity contribution >= 4 is 5.91 Å². The molecule has 1 amide bonds. The van der Waals surface area contributed by atoms with Gasteiger partial charge in [-0.25, -0.2) is 0 Å². The molecule has 6 heteroatoms. The number of aryl methyl sites for hydroxylation is 1. The lowest BCUT2D eigenvalue weighted by atomic mass is 9.84. The van der Waals surface area contributed by atoms with Gasteiger partial charge in [0, 0.05) is 51.3 Å². The van der Waals surface area contributed by atoms with Crippen LogP contribution in [0.5, 0.6) is 0 Å². The minimum Gasteiger partial charge on any atom is -0.337 e. The number of benzene rings is 1. The van der Waals surface area contributed by atoms with E-state index in [1.807, 2.05) is 30.4 Å². The van der Waals surface area contributed by atoms with Crippen molar-refractivity contribution in [3.05, 3.63) is 83.9 Å². The summed E-state index contributed by atoms with van der Waals surface area (Å²) in [6.45, 7) is 2.46. The Labute approximate surface area is 184 Å². The van der Waals surface area contributed by atoms with Crippen LogP contribution in [0.2, 0.25) is 0 Å². The van der Waals surface area contributed by atoms with Crippen molar-refractivity contribution in [2.45, 2.75) is 31.8 Å². The van der Waals surface area contributed by atoms with Crippen LogP contribution in [-0.4, -0.2) is 56.7 Å². The van der Waals surface area contributed by atoms with E-state index < -0.39 is 0 Å². The minimum absolute atomic E-state index is 0.0850. The average molecular weight is 418 g/mol. The SMILES string of the molecule is CN(Cc1cccnc1)C(Cc1ccccc1)C1CCN(C(=O)c2ccnn2C)CC1. The molecule has 1 fully saturated rings. The maximum absolute atomic E-state index is 12.9. The van der Waals surface area contributed by atoms with Gasteiger partial charge in [0.15, 0.2) is 0 Å². The number of hydrogen-bond acceptors (Lipinski definition) is 4. The number of hydrogen-bond donors (Lipinski definition) is 0. The van der Waals surface area contributed by atoms with E-state index in [2.05, 4.69) is 58.4 Å². The maximum atomic E-state index is 12.9. The predicted octanol–water partition coefficient (Wildman–Crippen LogP) is 3.41. The monoisotopic (exact) mass is 417 g/mol. The molecule has 1 atom stereocenters. The molecule has 0 N–H and O–H groups in total. The topological polar surface area (TPSA) is 54.3 Å². The van der Waals surface area contributed by atoms with Crippen LogP contribution in [0.1, 0.15) is 34.5 Å². The van der Waals surface area contributed by atoms with Crippen molar-refractivity contribution in [3.63, 3.8) is 0 Å². The zero-order valence-corrected chi connectivity index (χ0v) is 18.4. The highest BCUT2D eigenvalue weighted by molar-refractivity contribution is 5.92. The molecule has 1 saturated heterocycles. The van der Waals surface area contributed by atoms with Crippen LogP contribution >= 0.6 is 0 Å². The normalized spacial score (nSPS) is 15.9. The summed E-state index contributed by atoms with van der Waals surface area (Å²) in [5.74, 6) is 0.624. The fraction of sp³-hybridized carbons (Fsp3) is 0.400. The van der Waals surface area contributed by atoms with Gasteiger partial charge in [0.1, 0.15) is 5.69 Å². The molecule has 1 aromatic carbocycles. The van der Waals surface area contributed by atoms with Gasteiger partial charge in [0.25, 0.3) is 5.91 Å². The summed E-state index contributed by atoms with van der Waals surface area (Å²) in [4.78, 5) is 21.6. The molecule has 2 aromatic heterocycles. The van der Waals surface area contributed by atoms with Gasteiger partial charge in [-0.1, -0.05) is 36.4 Å². The molecule has 6 nitrogen and oxygen atoms in total. The first-order chi connectivity index (χ1) is 15.1. The van der Waals surface area contributed by atoms with E-state index in [4.69, 9.17) is 0 Å². The van der Waals surface area contributed by atoms with E-state index in [1.54, 1.807) is 16.9 Å². The van der Waals surface area contributed by atoms with Crippen LogP contribution in [0.15, 0.2) is 67.1 Å². The number of aromatic nitrogens is 3. The van der Waals surface area contributed by atoms with E-state index in [-0.39, 0.29) is 5.91 Å². The highest BCUT2D eigenvalue weighted by Crippen LogP contribution is 2.28. The number of carbonyl (C=O) groups is 1. The van der Waals surface area contributed by atoms with Crippen LogP contribution in [0, 0.1) is 5.92 Å². The molecule has 0 aliphatic carbocycles. The Kier molecular flexibility index (Phi) is 6.77. The lowest BCUT2D eigenvalue weighted by Gasteiger charge is -2.40. The van der Waals surface area contributed by atoms with E-state index in [9.17, 15) is 4.79 Å². The molecule has 3 heterocycles. The highest BCUT2D eigenvalue weighted by atomic mass is 16.2. The molecule has 31 heavy (non-hydrogen) atoms. The lowest BCUT2D eigenvalue weighted by Crippen LogP contribution is -2.46. The van der Waals surface area contributed by atoms with Crippen LogP contribution in [0.25, 0.3) is 0 Å². The summed E-state index contributed by atoms with van der Waals surface area (Å²) in [5, 5.41) is 4.14. The molecule has 0 saturated carbocycles. The molecule has 1 aliphatic rings. The zero-order chi connectivity index (χ0) is 21.6. The van der Waals surface area contributed by atoms with Gasteiger partial charge in [0.2, 0.25) is 0 Å². The molecular formula is C25H31N5O. The van der Waals surface area contributed by atoms with Crippen molar-refractivity contribution in [2.75, 3.05) is 20.1 Å². The van der Waals surface area contributed by atoms with Crippen LogP contribution in [0.3, 0.4) is 0 Å². The Hall–Kier alpha value is -2.99. The fourth-order valence-corrected chi connectivity index (χ4v) is 4.67. The zero-order valence-electron chi connectivity index (χ0n) is 18.4. The number of amides is 1. The van der Waals surface area contributed by atoms with E-state index >= 15 is 0 Å². The largest absolute Gasteiger partial charge is 0.337 e. The Morgan fingerprint density at radius 1 is 1.06 bits per heavy atom. The molecule has 4 rings (SSSR count). The van der Waals surface area contributed by atoms with Gasteiger partial charge in [-0.05, 0) is 55.5 Å². The smallest absolute Gasteiger partial charge is 0.272 e. The quantitative estimate of drug-likeness (QED) is 0.591. The minimum atomic E-state index is 0.0850. The molecule has 0 bridgehead atoms. The van der Waals surface area contributed by atoms with Gasteiger partial charge in [-0.3, -0.25) is 19.4 Å². The van der Waals surface area contributed by atoms with Crippen LogP contribution in [-0.2, 0) is 20.0 Å². The number of likely N-dealkylation sites (tertiary alicyclic amines) is 1. The van der Waals surface area contributed by atoms with Gasteiger partial charge >= 0.3 is 0 Å². The second-order valence-electron chi connectivity index (χ2n) is 8.50. The molecule has 1 aliphatic heterocycles. The summed E-state index contributed by atoms with van der Waals surface area (Å²) in [7, 11) is 4.04. The predicted molar refractivity (Wildman–Crippen MR) is 121 cm³/mol. The Bertz CT molecular complexity index is 964. The third kappa shape index (κ3) is 5.20. The first-order valence-corrected chi connectivity index (χ1v) is 11.0. The fourth-order valence-electron chi connectivity index (χ4n) is 4.67. The summed E-state index contributed by atoms with van der Waals surface area (Å²) in [6.07, 6.45) is 8.49. The Balaban J connectivity index is 1.45. The molecule has 0 spiro atoms. The summed E-state index contributed by atoms with van der Waals surface area (Å²) < 4.78 is 1.66. The van der Waals surface area contributed by atoms with Crippen molar-refractivity contribution < 1.29 is 4.79 Å². The van der Waals surface area contributed by atoms with Gasteiger partial charge in [0.05, 0.1) is 0 Å². The van der Waals surface area contributed by atoms with Crippen molar-refractivity contribution in [2.24, 2.45) is 13.0 Å². The first kappa shape index (κ1) is 21.2. The number of nitrogens with zero attached hydrogens (tertiary/aromatic N) is 5. The molecule has 0 radical (unpaired) electrons. The third-order valence-electron chi connectivity index (χ3n) is 6.42. The molecular weight excluding hydrogens is 386 g/mol. The number of likely N-dealkylation sites (N-methyl/N-ethyl adjacent to an activating group) is 1. The van der Waals surface area contributed by atoms with Gasteiger partial charge < -0.3 is 4.90 Å². The highest BCUT2D eigenvalue weighted by Gasteiger charge is 2.31. The van der Waals surface area contributed by atoms with E-state index in [1.165, 1.54) is 11.1 Å². The average Bonchev–Trinajstić information content (AvgIpc) is 3.24. The van der Waals surface area contributed by atoms with E-state index in [0.717, 1.165) is 38.9 Å². The van der Waals surface area contributed by atoms with Gasteiger partial charge in [-0.15, -0.1) is 0 Å². The van der Waals surface area contributed by atoms with Crippen LogP contribution in [0.4, 0.5) is 0 Å². The Morgan fingerprint density at radius 3 is 2.45 bits per heavy atom. The first-order valence-electron chi connectivity index (χ1n) is 11.0.